The van der Waals surface area contributed by atoms with Gasteiger partial charge in [0.1, 0.15) is 0 Å². The average molecular weight is 275 g/mol. The fourth-order valence-corrected chi connectivity index (χ4v) is 1.68. The second-order valence-electron chi connectivity index (χ2n) is 4.41. The molecular formula is C12H12Cl2O3. The lowest BCUT2D eigenvalue weighted by Gasteiger charge is -2.18. The number of halogens is 2. The number of benzene rings is 1. The number of rotatable bonds is 4. The van der Waals surface area contributed by atoms with Crippen molar-refractivity contribution in [2.24, 2.45) is 5.41 Å². The number of carbonyl (C=O) groups excluding carboxylic acids is 1. The summed E-state index contributed by atoms with van der Waals surface area (Å²) in [5.74, 6) is -1.35. The van der Waals surface area contributed by atoms with Crippen LogP contribution < -0.4 is 0 Å². The van der Waals surface area contributed by atoms with Gasteiger partial charge in [0, 0.05) is 17.0 Å². The summed E-state index contributed by atoms with van der Waals surface area (Å²) in [6, 6.07) is 4.54. The van der Waals surface area contributed by atoms with E-state index in [1.165, 1.54) is 26.0 Å². The summed E-state index contributed by atoms with van der Waals surface area (Å²) in [5, 5.41) is 9.62. The highest BCUT2D eigenvalue weighted by Crippen LogP contribution is 2.27. The van der Waals surface area contributed by atoms with Crippen LogP contribution in [-0.2, 0) is 4.79 Å². The standard InChI is InChI=1S/C12H12Cl2O3/c1-12(2,11(16)17)6-10(15)8-5-7(13)3-4-9(8)14/h3-5H,6H2,1-2H3,(H,16,17). The molecule has 0 bridgehead atoms. The van der Waals surface area contributed by atoms with E-state index >= 15 is 0 Å². The van der Waals surface area contributed by atoms with E-state index in [4.69, 9.17) is 28.3 Å². The summed E-state index contributed by atoms with van der Waals surface area (Å²) in [4.78, 5) is 22.9. The molecule has 3 nitrogen and oxygen atoms in total. The van der Waals surface area contributed by atoms with E-state index in [-0.39, 0.29) is 22.8 Å². The van der Waals surface area contributed by atoms with E-state index in [1.54, 1.807) is 6.07 Å². The first kappa shape index (κ1) is 14.0. The molecular weight excluding hydrogens is 263 g/mol. The molecule has 0 aliphatic carbocycles. The van der Waals surface area contributed by atoms with Crippen molar-refractivity contribution >= 4 is 35.0 Å². The number of ketones is 1. The highest BCUT2D eigenvalue weighted by Gasteiger charge is 2.31. The van der Waals surface area contributed by atoms with Gasteiger partial charge in [-0.05, 0) is 32.0 Å². The van der Waals surface area contributed by atoms with Crippen LogP contribution in [0.5, 0.6) is 0 Å². The zero-order valence-corrected chi connectivity index (χ0v) is 11.0. The van der Waals surface area contributed by atoms with Crippen LogP contribution in [0.15, 0.2) is 18.2 Å². The summed E-state index contributed by atoms with van der Waals surface area (Å²) in [6.07, 6.45) is -0.123. The summed E-state index contributed by atoms with van der Waals surface area (Å²) >= 11 is 11.6. The molecule has 1 aromatic rings. The number of hydrogen-bond donors (Lipinski definition) is 1. The lowest BCUT2D eigenvalue weighted by atomic mass is 9.86. The van der Waals surface area contributed by atoms with Crippen LogP contribution in [0.3, 0.4) is 0 Å². The monoisotopic (exact) mass is 274 g/mol. The molecule has 92 valence electrons. The quantitative estimate of drug-likeness (QED) is 0.853. The molecule has 0 heterocycles. The van der Waals surface area contributed by atoms with E-state index < -0.39 is 11.4 Å². The van der Waals surface area contributed by atoms with E-state index in [9.17, 15) is 9.59 Å². The highest BCUT2D eigenvalue weighted by molar-refractivity contribution is 6.35. The van der Waals surface area contributed by atoms with Gasteiger partial charge in [-0.3, -0.25) is 9.59 Å². The second kappa shape index (κ2) is 5.07. The fraction of sp³-hybridized carbons (Fsp3) is 0.333. The third-order valence-electron chi connectivity index (χ3n) is 2.41. The van der Waals surface area contributed by atoms with Crippen molar-refractivity contribution in [1.29, 1.82) is 0 Å². The van der Waals surface area contributed by atoms with Crippen molar-refractivity contribution < 1.29 is 14.7 Å². The van der Waals surface area contributed by atoms with Gasteiger partial charge < -0.3 is 5.11 Å². The first-order chi connectivity index (χ1) is 7.74. The predicted molar refractivity (Wildman–Crippen MR) is 66.8 cm³/mol. The van der Waals surface area contributed by atoms with Crippen LogP contribution in [0, 0.1) is 5.41 Å². The predicted octanol–water partition coefficient (Wildman–Crippen LogP) is 3.68. The van der Waals surface area contributed by atoms with Crippen molar-refractivity contribution in [3.63, 3.8) is 0 Å². The largest absolute Gasteiger partial charge is 0.481 e. The van der Waals surface area contributed by atoms with Gasteiger partial charge in [0.2, 0.25) is 0 Å². The second-order valence-corrected chi connectivity index (χ2v) is 5.26. The van der Waals surface area contributed by atoms with Gasteiger partial charge in [-0.15, -0.1) is 0 Å². The summed E-state index contributed by atoms with van der Waals surface area (Å²) in [5.41, 5.74) is -0.864. The number of hydrogen-bond acceptors (Lipinski definition) is 2. The van der Waals surface area contributed by atoms with Crippen molar-refractivity contribution in [2.45, 2.75) is 20.3 Å². The van der Waals surface area contributed by atoms with E-state index in [0.717, 1.165) is 0 Å². The van der Waals surface area contributed by atoms with Crippen molar-refractivity contribution in [1.82, 2.24) is 0 Å². The Balaban J connectivity index is 2.98. The maximum Gasteiger partial charge on any atom is 0.309 e. The smallest absolute Gasteiger partial charge is 0.309 e. The van der Waals surface area contributed by atoms with Crippen molar-refractivity contribution in [2.75, 3.05) is 0 Å². The zero-order valence-electron chi connectivity index (χ0n) is 9.46. The van der Waals surface area contributed by atoms with Crippen LogP contribution in [-0.4, -0.2) is 16.9 Å². The number of carboxylic acid groups (broad SMARTS) is 1. The highest BCUT2D eigenvalue weighted by atomic mass is 35.5. The molecule has 0 saturated carbocycles. The Morgan fingerprint density at radius 1 is 1.29 bits per heavy atom. The van der Waals surface area contributed by atoms with Gasteiger partial charge in [0.25, 0.3) is 0 Å². The molecule has 0 saturated heterocycles. The van der Waals surface area contributed by atoms with Gasteiger partial charge >= 0.3 is 5.97 Å². The SMILES string of the molecule is CC(C)(CC(=O)c1cc(Cl)ccc1Cl)C(=O)O. The number of aliphatic carboxylic acids is 1. The Morgan fingerprint density at radius 3 is 2.41 bits per heavy atom. The molecule has 0 atom stereocenters. The molecule has 0 aliphatic rings. The molecule has 17 heavy (non-hydrogen) atoms. The van der Waals surface area contributed by atoms with Gasteiger partial charge in [-0.25, -0.2) is 0 Å². The minimum atomic E-state index is -1.12. The first-order valence-corrected chi connectivity index (χ1v) is 5.71. The Bertz CT molecular complexity index is 467. The van der Waals surface area contributed by atoms with E-state index in [1.807, 2.05) is 0 Å². The Hall–Kier alpha value is -1.06. The number of carbonyl (C=O) groups is 2. The van der Waals surface area contributed by atoms with Gasteiger partial charge in [0.15, 0.2) is 5.78 Å². The van der Waals surface area contributed by atoms with Gasteiger partial charge in [0.05, 0.1) is 10.4 Å². The molecule has 1 rings (SSSR count). The van der Waals surface area contributed by atoms with Crippen LogP contribution in [0.25, 0.3) is 0 Å². The normalized spacial score (nSPS) is 11.3. The third-order valence-corrected chi connectivity index (χ3v) is 2.97. The molecule has 0 fully saturated rings. The third kappa shape index (κ3) is 3.45. The van der Waals surface area contributed by atoms with Crippen LogP contribution in [0.1, 0.15) is 30.6 Å². The minimum Gasteiger partial charge on any atom is -0.481 e. The molecule has 0 radical (unpaired) electrons. The van der Waals surface area contributed by atoms with Crippen molar-refractivity contribution in [3.8, 4) is 0 Å². The first-order valence-electron chi connectivity index (χ1n) is 4.95. The molecule has 0 unspecified atom stereocenters. The van der Waals surface area contributed by atoms with Crippen LogP contribution >= 0.6 is 23.2 Å². The number of Topliss-reactive ketones (excluding diaryl/α,β-unsaturated/α-hetero) is 1. The van der Waals surface area contributed by atoms with E-state index in [0.29, 0.717) is 5.02 Å². The van der Waals surface area contributed by atoms with Crippen LogP contribution in [0.4, 0.5) is 0 Å². The molecule has 0 aromatic heterocycles. The lowest BCUT2D eigenvalue weighted by molar-refractivity contribution is -0.146. The zero-order chi connectivity index (χ0) is 13.2. The topological polar surface area (TPSA) is 54.4 Å². The van der Waals surface area contributed by atoms with Gasteiger partial charge in [-0.1, -0.05) is 23.2 Å². The van der Waals surface area contributed by atoms with E-state index in [2.05, 4.69) is 0 Å². The Kier molecular flexibility index (Phi) is 4.17. The molecule has 0 aliphatic heterocycles. The average Bonchev–Trinajstić information content (AvgIpc) is 2.20. The molecule has 0 amide bonds. The van der Waals surface area contributed by atoms with Crippen molar-refractivity contribution in [3.05, 3.63) is 33.8 Å². The summed E-state index contributed by atoms with van der Waals surface area (Å²) in [6.45, 7) is 2.98. The lowest BCUT2D eigenvalue weighted by Crippen LogP contribution is -2.27. The summed E-state index contributed by atoms with van der Waals surface area (Å²) < 4.78 is 0. The van der Waals surface area contributed by atoms with Gasteiger partial charge in [-0.2, -0.15) is 0 Å². The number of carboxylic acids is 1. The summed E-state index contributed by atoms with van der Waals surface area (Å²) in [7, 11) is 0. The van der Waals surface area contributed by atoms with Crippen LogP contribution in [0.2, 0.25) is 10.0 Å². The fourth-order valence-electron chi connectivity index (χ4n) is 1.28. The molecule has 5 heteroatoms. The molecule has 1 aromatic carbocycles. The minimum absolute atomic E-state index is 0.123. The molecule has 0 spiro atoms. The maximum atomic E-state index is 11.9. The maximum absolute atomic E-state index is 11.9. The molecule has 1 N–H and O–H groups in total. The Labute approximate surface area is 109 Å². The Morgan fingerprint density at radius 2 is 1.88 bits per heavy atom.